The molecule has 2 heterocycles. The van der Waals surface area contributed by atoms with Gasteiger partial charge in [-0.15, -0.1) is 0 Å². The maximum Gasteiger partial charge on any atom is 0.141 e. The molecule has 0 aliphatic carbocycles. The second kappa shape index (κ2) is 4.25. The third-order valence-electron chi connectivity index (χ3n) is 2.85. The number of hydrogen-bond donors (Lipinski definition) is 2. The van der Waals surface area contributed by atoms with E-state index in [0.717, 1.165) is 12.1 Å². The molecular weight excluding hydrogens is 219 g/mol. The second-order valence-electron chi connectivity index (χ2n) is 4.28. The van der Waals surface area contributed by atoms with Gasteiger partial charge in [0.25, 0.3) is 0 Å². The quantitative estimate of drug-likeness (QED) is 0.855. The summed E-state index contributed by atoms with van der Waals surface area (Å²) in [5.41, 5.74) is 6.98. The molecule has 2 aromatic rings. The van der Waals surface area contributed by atoms with Gasteiger partial charge in [-0.3, -0.25) is 4.98 Å². The number of imidazole rings is 1. The maximum absolute atomic E-state index is 12.7. The molecule has 1 unspecified atom stereocenters. The van der Waals surface area contributed by atoms with Gasteiger partial charge in [-0.2, -0.15) is 0 Å². The van der Waals surface area contributed by atoms with Crippen LogP contribution >= 0.6 is 0 Å². The van der Waals surface area contributed by atoms with Crippen LogP contribution in [0, 0.1) is 5.82 Å². The Labute approximate surface area is 99.1 Å². The number of aromatic nitrogens is 3. The Morgan fingerprint density at radius 1 is 1.35 bits per heavy atom. The third kappa shape index (κ3) is 2.34. The number of halogens is 1. The monoisotopic (exact) mass is 234 g/mol. The molecule has 0 spiro atoms. The summed E-state index contributed by atoms with van der Waals surface area (Å²) in [6.45, 7) is 3.91. The SMILES string of the molecule is CCC(C)(N)c1ncc(-c2ccc(F)cn2)[nH]1. The van der Waals surface area contributed by atoms with Crippen LogP contribution in [0.4, 0.5) is 4.39 Å². The zero-order valence-corrected chi connectivity index (χ0v) is 9.87. The number of H-pyrrole nitrogens is 1. The summed E-state index contributed by atoms with van der Waals surface area (Å²) in [7, 11) is 0. The molecular formula is C12H15FN4. The first-order chi connectivity index (χ1) is 8.03. The predicted molar refractivity (Wildman–Crippen MR) is 63.6 cm³/mol. The van der Waals surface area contributed by atoms with Crippen LogP contribution in [0.1, 0.15) is 26.1 Å². The van der Waals surface area contributed by atoms with Crippen LogP contribution in [-0.2, 0) is 5.54 Å². The number of pyridine rings is 1. The standard InChI is InChI=1S/C12H15FN4/c1-3-12(2,14)11-16-7-10(17-11)9-5-4-8(13)6-15-9/h4-7H,3,14H2,1-2H3,(H,16,17). The van der Waals surface area contributed by atoms with Gasteiger partial charge in [0.05, 0.1) is 29.3 Å². The van der Waals surface area contributed by atoms with Crippen molar-refractivity contribution in [2.75, 3.05) is 0 Å². The minimum absolute atomic E-state index is 0.356. The highest BCUT2D eigenvalue weighted by Gasteiger charge is 2.22. The van der Waals surface area contributed by atoms with Crippen LogP contribution in [0.5, 0.6) is 0 Å². The lowest BCUT2D eigenvalue weighted by Crippen LogP contribution is -2.33. The number of aromatic amines is 1. The van der Waals surface area contributed by atoms with E-state index in [2.05, 4.69) is 15.0 Å². The van der Waals surface area contributed by atoms with Crippen molar-refractivity contribution >= 4 is 0 Å². The Morgan fingerprint density at radius 2 is 2.12 bits per heavy atom. The van der Waals surface area contributed by atoms with E-state index in [0.29, 0.717) is 11.5 Å². The number of nitrogens with zero attached hydrogens (tertiary/aromatic N) is 2. The van der Waals surface area contributed by atoms with E-state index in [-0.39, 0.29) is 5.82 Å². The first-order valence-corrected chi connectivity index (χ1v) is 5.49. The fourth-order valence-electron chi connectivity index (χ4n) is 1.44. The number of nitrogens with two attached hydrogens (primary N) is 1. The maximum atomic E-state index is 12.7. The van der Waals surface area contributed by atoms with Crippen LogP contribution in [0.2, 0.25) is 0 Å². The molecule has 0 amide bonds. The molecule has 0 aromatic carbocycles. The zero-order valence-electron chi connectivity index (χ0n) is 9.87. The minimum Gasteiger partial charge on any atom is -0.339 e. The molecule has 0 aliphatic heterocycles. The lowest BCUT2D eigenvalue weighted by atomic mass is 10.0. The van der Waals surface area contributed by atoms with Gasteiger partial charge in [-0.1, -0.05) is 6.92 Å². The first-order valence-electron chi connectivity index (χ1n) is 5.49. The van der Waals surface area contributed by atoms with Crippen molar-refractivity contribution in [3.05, 3.63) is 36.2 Å². The molecule has 17 heavy (non-hydrogen) atoms. The first kappa shape index (κ1) is 11.7. The van der Waals surface area contributed by atoms with Gasteiger partial charge in [0.1, 0.15) is 11.6 Å². The highest BCUT2D eigenvalue weighted by atomic mass is 19.1. The van der Waals surface area contributed by atoms with Gasteiger partial charge >= 0.3 is 0 Å². The van der Waals surface area contributed by atoms with Gasteiger partial charge in [0, 0.05) is 0 Å². The second-order valence-corrected chi connectivity index (χ2v) is 4.28. The van der Waals surface area contributed by atoms with Gasteiger partial charge in [0.15, 0.2) is 0 Å². The number of hydrogen-bond acceptors (Lipinski definition) is 3. The van der Waals surface area contributed by atoms with Crippen LogP contribution < -0.4 is 5.73 Å². The van der Waals surface area contributed by atoms with Crippen molar-refractivity contribution in [3.63, 3.8) is 0 Å². The van der Waals surface area contributed by atoms with Crippen molar-refractivity contribution in [1.29, 1.82) is 0 Å². The largest absolute Gasteiger partial charge is 0.339 e. The van der Waals surface area contributed by atoms with E-state index in [1.807, 2.05) is 13.8 Å². The van der Waals surface area contributed by atoms with E-state index < -0.39 is 5.54 Å². The van der Waals surface area contributed by atoms with Gasteiger partial charge in [-0.25, -0.2) is 9.37 Å². The lowest BCUT2D eigenvalue weighted by Gasteiger charge is -2.19. The Balaban J connectivity index is 2.33. The average molecular weight is 234 g/mol. The lowest BCUT2D eigenvalue weighted by molar-refractivity contribution is 0.450. The van der Waals surface area contributed by atoms with Crippen molar-refractivity contribution < 1.29 is 4.39 Å². The normalized spacial score (nSPS) is 14.6. The molecule has 4 nitrogen and oxygen atoms in total. The fraction of sp³-hybridized carbons (Fsp3) is 0.333. The summed E-state index contributed by atoms with van der Waals surface area (Å²) >= 11 is 0. The summed E-state index contributed by atoms with van der Waals surface area (Å²) in [5, 5.41) is 0. The molecule has 5 heteroatoms. The third-order valence-corrected chi connectivity index (χ3v) is 2.85. The molecule has 0 saturated carbocycles. The molecule has 0 bridgehead atoms. The van der Waals surface area contributed by atoms with E-state index in [4.69, 9.17) is 5.73 Å². The number of nitrogens with one attached hydrogen (secondary N) is 1. The molecule has 2 rings (SSSR count). The van der Waals surface area contributed by atoms with Crippen LogP contribution in [0.15, 0.2) is 24.5 Å². The smallest absolute Gasteiger partial charge is 0.141 e. The van der Waals surface area contributed by atoms with E-state index >= 15 is 0 Å². The molecule has 1 atom stereocenters. The molecule has 0 aliphatic rings. The summed E-state index contributed by atoms with van der Waals surface area (Å²) in [6.07, 6.45) is 3.62. The molecule has 0 saturated heterocycles. The van der Waals surface area contributed by atoms with Gasteiger partial charge in [0.2, 0.25) is 0 Å². The predicted octanol–water partition coefficient (Wildman–Crippen LogP) is 2.19. The summed E-state index contributed by atoms with van der Waals surface area (Å²) < 4.78 is 12.7. The van der Waals surface area contributed by atoms with Crippen molar-refractivity contribution in [1.82, 2.24) is 15.0 Å². The van der Waals surface area contributed by atoms with Crippen molar-refractivity contribution in [2.24, 2.45) is 5.73 Å². The summed E-state index contributed by atoms with van der Waals surface area (Å²) in [5.74, 6) is 0.354. The fourth-order valence-corrected chi connectivity index (χ4v) is 1.44. The van der Waals surface area contributed by atoms with Crippen molar-refractivity contribution in [3.8, 4) is 11.4 Å². The highest BCUT2D eigenvalue weighted by molar-refractivity contribution is 5.52. The van der Waals surface area contributed by atoms with Crippen LogP contribution in [0.25, 0.3) is 11.4 Å². The molecule has 3 N–H and O–H groups in total. The van der Waals surface area contributed by atoms with Gasteiger partial charge < -0.3 is 10.7 Å². The zero-order chi connectivity index (χ0) is 12.5. The molecule has 0 fully saturated rings. The average Bonchev–Trinajstić information content (AvgIpc) is 2.80. The Hall–Kier alpha value is -1.75. The minimum atomic E-state index is -0.488. The Morgan fingerprint density at radius 3 is 2.71 bits per heavy atom. The highest BCUT2D eigenvalue weighted by Crippen LogP contribution is 2.21. The topological polar surface area (TPSA) is 67.6 Å². The molecule has 0 radical (unpaired) electrons. The number of rotatable bonds is 3. The van der Waals surface area contributed by atoms with E-state index in [9.17, 15) is 4.39 Å². The van der Waals surface area contributed by atoms with Crippen molar-refractivity contribution in [2.45, 2.75) is 25.8 Å². The van der Waals surface area contributed by atoms with Crippen LogP contribution in [0.3, 0.4) is 0 Å². The van der Waals surface area contributed by atoms with E-state index in [1.54, 1.807) is 12.3 Å². The van der Waals surface area contributed by atoms with E-state index in [1.165, 1.54) is 12.3 Å². The summed E-state index contributed by atoms with van der Waals surface area (Å²) in [6, 6.07) is 2.97. The Bertz CT molecular complexity index is 501. The van der Waals surface area contributed by atoms with Crippen LogP contribution in [-0.4, -0.2) is 15.0 Å². The van der Waals surface area contributed by atoms with Gasteiger partial charge in [-0.05, 0) is 25.5 Å². The molecule has 2 aromatic heterocycles. The Kier molecular flexibility index (Phi) is 2.93. The summed E-state index contributed by atoms with van der Waals surface area (Å²) in [4.78, 5) is 11.3. The molecule has 90 valence electrons.